The third-order valence-corrected chi connectivity index (χ3v) is 3.55. The zero-order chi connectivity index (χ0) is 11.4. The van der Waals surface area contributed by atoms with Gasteiger partial charge in [0.15, 0.2) is 0 Å². The zero-order valence-electron chi connectivity index (χ0n) is 8.63. The van der Waals surface area contributed by atoms with Crippen molar-refractivity contribution in [2.75, 3.05) is 0 Å². The van der Waals surface area contributed by atoms with Gasteiger partial charge >= 0.3 is 0 Å². The van der Waals surface area contributed by atoms with E-state index in [1.54, 1.807) is 0 Å². The fourth-order valence-electron chi connectivity index (χ4n) is 1.39. The highest BCUT2D eigenvalue weighted by atomic mass is 79.9. The first-order valence-electron chi connectivity index (χ1n) is 4.99. The number of hydrogen-bond acceptors (Lipinski definition) is 2. The minimum Gasteiger partial charge on any atom is -0.506 e. The summed E-state index contributed by atoms with van der Waals surface area (Å²) in [5.74, 6) is 0.224. The number of aromatic hydroxyl groups is 1. The summed E-state index contributed by atoms with van der Waals surface area (Å²) in [7, 11) is 0. The molecule has 0 spiro atoms. The largest absolute Gasteiger partial charge is 0.506 e. The van der Waals surface area contributed by atoms with Gasteiger partial charge in [0.1, 0.15) is 5.75 Å². The normalized spacial score (nSPS) is 12.8. The van der Waals surface area contributed by atoms with Gasteiger partial charge in [-0.05, 0) is 56.0 Å². The highest BCUT2D eigenvalue weighted by molar-refractivity contribution is 9.11. The maximum Gasteiger partial charge on any atom is 0.143 e. The quantitative estimate of drug-likeness (QED) is 0.869. The molecule has 1 aromatic rings. The lowest BCUT2D eigenvalue weighted by Crippen LogP contribution is -2.10. The number of rotatable bonds is 4. The van der Waals surface area contributed by atoms with Crippen LogP contribution in [0.1, 0.15) is 37.8 Å². The van der Waals surface area contributed by atoms with Crippen LogP contribution in [0.15, 0.2) is 21.1 Å². The number of halogens is 2. The second kappa shape index (κ2) is 5.87. The molecule has 15 heavy (non-hydrogen) atoms. The van der Waals surface area contributed by atoms with E-state index < -0.39 is 0 Å². The van der Waals surface area contributed by atoms with E-state index in [1.807, 2.05) is 12.1 Å². The molecule has 0 unspecified atom stereocenters. The lowest BCUT2D eigenvalue weighted by molar-refractivity contribution is 0.467. The molecule has 1 aromatic carbocycles. The molecule has 0 saturated heterocycles. The molecule has 0 aliphatic rings. The lowest BCUT2D eigenvalue weighted by atomic mass is 10.0. The van der Waals surface area contributed by atoms with Crippen LogP contribution in [0.4, 0.5) is 0 Å². The smallest absolute Gasteiger partial charge is 0.143 e. The first-order valence-corrected chi connectivity index (χ1v) is 6.58. The molecule has 3 N–H and O–H groups in total. The van der Waals surface area contributed by atoms with E-state index in [-0.39, 0.29) is 11.8 Å². The Labute approximate surface area is 107 Å². The highest BCUT2D eigenvalue weighted by Crippen LogP contribution is 2.35. The van der Waals surface area contributed by atoms with Crippen molar-refractivity contribution < 1.29 is 5.11 Å². The maximum absolute atomic E-state index is 9.55. The van der Waals surface area contributed by atoms with Gasteiger partial charge in [0.05, 0.1) is 8.95 Å². The molecule has 0 aromatic heterocycles. The molecule has 0 bridgehead atoms. The van der Waals surface area contributed by atoms with Crippen LogP contribution in [0.25, 0.3) is 0 Å². The summed E-state index contributed by atoms with van der Waals surface area (Å²) in [5, 5.41) is 9.55. The minimum atomic E-state index is 0.0400. The summed E-state index contributed by atoms with van der Waals surface area (Å²) in [6.07, 6.45) is 3.24. The summed E-state index contributed by atoms with van der Waals surface area (Å²) in [4.78, 5) is 0. The molecule has 0 saturated carbocycles. The van der Waals surface area contributed by atoms with Crippen molar-refractivity contribution in [1.29, 1.82) is 0 Å². The Bertz CT molecular complexity index is 318. The van der Waals surface area contributed by atoms with Gasteiger partial charge in [0.25, 0.3) is 0 Å². The van der Waals surface area contributed by atoms with Crippen molar-refractivity contribution in [1.82, 2.24) is 0 Å². The van der Waals surface area contributed by atoms with Crippen molar-refractivity contribution in [3.05, 3.63) is 26.6 Å². The van der Waals surface area contributed by atoms with E-state index in [9.17, 15) is 5.11 Å². The third-order valence-electron chi connectivity index (χ3n) is 2.34. The predicted octanol–water partition coefficient (Wildman–Crippen LogP) is 4.11. The Morgan fingerprint density at radius 1 is 1.33 bits per heavy atom. The Balaban J connectivity index is 2.86. The SMILES string of the molecule is CCCC[C@H](N)c1cc(Br)c(O)c(Br)c1. The van der Waals surface area contributed by atoms with Crippen LogP contribution in [0, 0.1) is 0 Å². The molecule has 0 fully saturated rings. The molecule has 0 amide bonds. The fourth-order valence-corrected chi connectivity index (χ4v) is 2.61. The van der Waals surface area contributed by atoms with Gasteiger partial charge < -0.3 is 10.8 Å². The van der Waals surface area contributed by atoms with Gasteiger partial charge in [-0.25, -0.2) is 0 Å². The van der Waals surface area contributed by atoms with Crippen LogP contribution in [0.3, 0.4) is 0 Å². The predicted molar refractivity (Wildman–Crippen MR) is 70.0 cm³/mol. The van der Waals surface area contributed by atoms with E-state index in [0.717, 1.165) is 24.8 Å². The van der Waals surface area contributed by atoms with Crippen LogP contribution in [0.5, 0.6) is 5.75 Å². The molecule has 1 rings (SSSR count). The van der Waals surface area contributed by atoms with Crippen molar-refractivity contribution >= 4 is 31.9 Å². The van der Waals surface area contributed by atoms with E-state index in [1.165, 1.54) is 0 Å². The highest BCUT2D eigenvalue weighted by Gasteiger charge is 2.11. The van der Waals surface area contributed by atoms with Crippen molar-refractivity contribution in [2.24, 2.45) is 5.73 Å². The van der Waals surface area contributed by atoms with Gasteiger partial charge in [0, 0.05) is 6.04 Å². The first kappa shape index (κ1) is 13.0. The summed E-state index contributed by atoms with van der Waals surface area (Å²) in [6, 6.07) is 3.79. The van der Waals surface area contributed by atoms with Gasteiger partial charge in [0.2, 0.25) is 0 Å². The Morgan fingerprint density at radius 2 is 1.87 bits per heavy atom. The van der Waals surface area contributed by atoms with Crippen LogP contribution in [-0.2, 0) is 0 Å². The van der Waals surface area contributed by atoms with Gasteiger partial charge in [-0.15, -0.1) is 0 Å². The molecule has 0 aliphatic carbocycles. The Kier molecular flexibility index (Phi) is 5.09. The first-order chi connectivity index (χ1) is 7.06. The molecule has 1 atom stereocenters. The van der Waals surface area contributed by atoms with Crippen molar-refractivity contribution in [2.45, 2.75) is 32.2 Å². The van der Waals surface area contributed by atoms with Crippen LogP contribution in [-0.4, -0.2) is 5.11 Å². The average Bonchev–Trinajstić information content (AvgIpc) is 2.21. The van der Waals surface area contributed by atoms with Crippen LogP contribution in [0.2, 0.25) is 0 Å². The number of unbranched alkanes of at least 4 members (excludes halogenated alkanes) is 1. The second-order valence-electron chi connectivity index (χ2n) is 3.58. The fraction of sp³-hybridized carbons (Fsp3) is 0.455. The number of phenolic OH excluding ortho intramolecular Hbond substituents is 1. The molecule has 0 radical (unpaired) electrons. The summed E-state index contributed by atoms with van der Waals surface area (Å²) in [5.41, 5.74) is 7.09. The van der Waals surface area contributed by atoms with Gasteiger partial charge in [-0.3, -0.25) is 0 Å². The van der Waals surface area contributed by atoms with E-state index in [2.05, 4.69) is 38.8 Å². The Hall–Kier alpha value is -0.0600. The van der Waals surface area contributed by atoms with Gasteiger partial charge in [-0.2, -0.15) is 0 Å². The summed E-state index contributed by atoms with van der Waals surface area (Å²) >= 11 is 6.60. The number of phenols is 1. The molecule has 0 aliphatic heterocycles. The lowest BCUT2D eigenvalue weighted by Gasteiger charge is -2.13. The summed E-state index contributed by atoms with van der Waals surface area (Å²) < 4.78 is 1.36. The zero-order valence-corrected chi connectivity index (χ0v) is 11.8. The van der Waals surface area contributed by atoms with Crippen molar-refractivity contribution in [3.8, 4) is 5.75 Å². The van der Waals surface area contributed by atoms with Crippen LogP contribution < -0.4 is 5.73 Å². The summed E-state index contributed by atoms with van der Waals surface area (Å²) in [6.45, 7) is 2.15. The van der Waals surface area contributed by atoms with E-state index >= 15 is 0 Å². The number of nitrogens with two attached hydrogens (primary N) is 1. The van der Waals surface area contributed by atoms with E-state index in [0.29, 0.717) is 8.95 Å². The maximum atomic E-state index is 9.55. The standard InChI is InChI=1S/C11H15Br2NO/c1-2-3-4-10(14)7-5-8(12)11(15)9(13)6-7/h5-6,10,15H,2-4,14H2,1H3/t10-/m0/s1. The molecular formula is C11H15Br2NO. The number of benzene rings is 1. The minimum absolute atomic E-state index is 0.0400. The molecule has 0 heterocycles. The third kappa shape index (κ3) is 3.47. The Morgan fingerprint density at radius 3 is 2.33 bits per heavy atom. The molecule has 84 valence electrons. The molecular weight excluding hydrogens is 322 g/mol. The van der Waals surface area contributed by atoms with Gasteiger partial charge in [-0.1, -0.05) is 19.8 Å². The van der Waals surface area contributed by atoms with Crippen LogP contribution >= 0.6 is 31.9 Å². The van der Waals surface area contributed by atoms with E-state index in [4.69, 9.17) is 5.73 Å². The van der Waals surface area contributed by atoms with Crippen molar-refractivity contribution in [3.63, 3.8) is 0 Å². The monoisotopic (exact) mass is 335 g/mol. The average molecular weight is 337 g/mol. The topological polar surface area (TPSA) is 46.2 Å². The molecule has 4 heteroatoms. The molecule has 2 nitrogen and oxygen atoms in total. The number of hydrogen-bond donors (Lipinski definition) is 2. The second-order valence-corrected chi connectivity index (χ2v) is 5.29.